The van der Waals surface area contributed by atoms with Gasteiger partial charge in [0.1, 0.15) is 24.7 Å². The molecule has 1 aliphatic heterocycles. The van der Waals surface area contributed by atoms with Gasteiger partial charge in [0.05, 0.1) is 19.9 Å². The Kier molecular flexibility index (Phi) is 5.12. The summed E-state index contributed by atoms with van der Waals surface area (Å²) in [6.45, 7) is 0.907. The summed E-state index contributed by atoms with van der Waals surface area (Å²) in [5.41, 5.74) is 0.751. The molecule has 0 saturated heterocycles. The molecule has 2 N–H and O–H groups in total. The van der Waals surface area contributed by atoms with Crippen LogP contribution in [0.15, 0.2) is 36.4 Å². The molecule has 8 nitrogen and oxygen atoms in total. The van der Waals surface area contributed by atoms with E-state index in [4.69, 9.17) is 18.9 Å². The number of hydrogen-bond donors (Lipinski definition) is 2. The smallest absolute Gasteiger partial charge is 0.314 e. The summed E-state index contributed by atoms with van der Waals surface area (Å²) in [5, 5.41) is 5.03. The van der Waals surface area contributed by atoms with Gasteiger partial charge in [0.15, 0.2) is 11.5 Å². The van der Waals surface area contributed by atoms with Crippen LogP contribution in [0.1, 0.15) is 0 Å². The molecule has 0 bridgehead atoms. The minimum atomic E-state index is -0.841. The number of benzene rings is 2. The van der Waals surface area contributed by atoms with Gasteiger partial charge in [-0.05, 0) is 24.3 Å². The van der Waals surface area contributed by atoms with Crippen LogP contribution in [-0.4, -0.2) is 39.2 Å². The van der Waals surface area contributed by atoms with Crippen LogP contribution in [0.4, 0.5) is 11.4 Å². The van der Waals surface area contributed by atoms with Crippen molar-refractivity contribution in [1.29, 1.82) is 0 Å². The molecular formula is C18H18N2O6. The number of nitrogens with one attached hydrogen (secondary N) is 2. The lowest BCUT2D eigenvalue weighted by Gasteiger charge is -2.19. The van der Waals surface area contributed by atoms with E-state index in [0.29, 0.717) is 47.6 Å². The van der Waals surface area contributed by atoms with Crippen molar-refractivity contribution < 1.29 is 28.5 Å². The number of carbonyl (C=O) groups is 2. The number of fused-ring (bicyclic) bond motifs is 1. The number of rotatable bonds is 4. The van der Waals surface area contributed by atoms with Crippen molar-refractivity contribution in [3.05, 3.63) is 36.4 Å². The van der Waals surface area contributed by atoms with Gasteiger partial charge in [-0.15, -0.1) is 0 Å². The highest BCUT2D eigenvalue weighted by atomic mass is 16.6. The minimum Gasteiger partial charge on any atom is -0.497 e. The van der Waals surface area contributed by atoms with Crippen LogP contribution >= 0.6 is 0 Å². The first kappa shape index (κ1) is 17.4. The molecule has 8 heteroatoms. The van der Waals surface area contributed by atoms with Crippen LogP contribution in [0.25, 0.3) is 0 Å². The van der Waals surface area contributed by atoms with Gasteiger partial charge in [0.2, 0.25) is 0 Å². The molecule has 26 heavy (non-hydrogen) atoms. The number of carbonyl (C=O) groups excluding carboxylic acids is 2. The van der Waals surface area contributed by atoms with E-state index in [1.807, 2.05) is 0 Å². The third-order valence-corrected chi connectivity index (χ3v) is 3.66. The quantitative estimate of drug-likeness (QED) is 0.813. The number of ether oxygens (including phenoxy) is 4. The Labute approximate surface area is 150 Å². The van der Waals surface area contributed by atoms with Gasteiger partial charge in [-0.3, -0.25) is 9.59 Å². The molecule has 0 saturated carbocycles. The van der Waals surface area contributed by atoms with Crippen LogP contribution in [0.2, 0.25) is 0 Å². The molecular weight excluding hydrogens is 340 g/mol. The van der Waals surface area contributed by atoms with Gasteiger partial charge >= 0.3 is 11.8 Å². The van der Waals surface area contributed by atoms with E-state index < -0.39 is 11.8 Å². The highest BCUT2D eigenvalue weighted by molar-refractivity contribution is 6.43. The molecule has 136 valence electrons. The molecule has 0 radical (unpaired) electrons. The highest BCUT2D eigenvalue weighted by Gasteiger charge is 2.18. The normalized spacial score (nSPS) is 12.1. The monoisotopic (exact) mass is 358 g/mol. The summed E-state index contributed by atoms with van der Waals surface area (Å²) >= 11 is 0. The van der Waals surface area contributed by atoms with Gasteiger partial charge in [-0.2, -0.15) is 0 Å². The molecule has 0 spiro atoms. The molecule has 0 atom stereocenters. The molecule has 2 aromatic rings. The molecule has 0 unspecified atom stereocenters. The van der Waals surface area contributed by atoms with Crippen LogP contribution < -0.4 is 29.6 Å². The van der Waals surface area contributed by atoms with Gasteiger partial charge in [0, 0.05) is 17.8 Å². The average molecular weight is 358 g/mol. The summed E-state index contributed by atoms with van der Waals surface area (Å²) < 4.78 is 21.2. The van der Waals surface area contributed by atoms with E-state index in [9.17, 15) is 9.59 Å². The Bertz CT molecular complexity index is 836. The summed E-state index contributed by atoms with van der Waals surface area (Å²) in [5.74, 6) is 0.376. The zero-order chi connectivity index (χ0) is 18.5. The first-order chi connectivity index (χ1) is 12.6. The van der Waals surface area contributed by atoms with E-state index in [-0.39, 0.29) is 0 Å². The summed E-state index contributed by atoms with van der Waals surface area (Å²) in [6, 6.07) is 9.79. The van der Waals surface area contributed by atoms with Crippen molar-refractivity contribution in [1.82, 2.24) is 0 Å². The molecule has 2 aromatic carbocycles. The molecule has 1 heterocycles. The van der Waals surface area contributed by atoms with Crippen molar-refractivity contribution >= 4 is 23.2 Å². The van der Waals surface area contributed by atoms with Crippen LogP contribution in [0, 0.1) is 0 Å². The number of methoxy groups -OCH3 is 2. The van der Waals surface area contributed by atoms with Crippen molar-refractivity contribution in [2.24, 2.45) is 0 Å². The second-order valence-electron chi connectivity index (χ2n) is 5.33. The molecule has 1 aliphatic rings. The van der Waals surface area contributed by atoms with Gasteiger partial charge in [0.25, 0.3) is 0 Å². The third-order valence-electron chi connectivity index (χ3n) is 3.66. The van der Waals surface area contributed by atoms with Gasteiger partial charge in [-0.25, -0.2) is 0 Å². The highest BCUT2D eigenvalue weighted by Crippen LogP contribution is 2.32. The zero-order valence-electron chi connectivity index (χ0n) is 14.3. The first-order valence-corrected chi connectivity index (χ1v) is 7.84. The Morgan fingerprint density at radius 3 is 2.35 bits per heavy atom. The standard InChI is InChI=1S/C18H18N2O6/c1-23-12-4-6-14(24-2)13(10-12)20-18(22)17(21)19-11-3-5-15-16(9-11)26-8-7-25-15/h3-6,9-10H,7-8H2,1-2H3,(H,19,21)(H,20,22). The summed E-state index contributed by atoms with van der Waals surface area (Å²) in [6.07, 6.45) is 0. The maximum absolute atomic E-state index is 12.2. The van der Waals surface area contributed by atoms with Crippen LogP contribution in [-0.2, 0) is 9.59 Å². The molecule has 0 fully saturated rings. The molecule has 0 aliphatic carbocycles. The van der Waals surface area contributed by atoms with E-state index in [0.717, 1.165) is 0 Å². The van der Waals surface area contributed by atoms with Crippen LogP contribution in [0.5, 0.6) is 23.0 Å². The Morgan fingerprint density at radius 1 is 0.885 bits per heavy atom. The van der Waals surface area contributed by atoms with Crippen LogP contribution in [0.3, 0.4) is 0 Å². The fourth-order valence-electron chi connectivity index (χ4n) is 2.40. The van der Waals surface area contributed by atoms with Crippen molar-refractivity contribution in [2.75, 3.05) is 38.1 Å². The first-order valence-electron chi connectivity index (χ1n) is 7.84. The van der Waals surface area contributed by atoms with E-state index in [1.54, 1.807) is 36.4 Å². The Hall–Kier alpha value is -3.42. The number of amides is 2. The Morgan fingerprint density at radius 2 is 1.62 bits per heavy atom. The maximum Gasteiger partial charge on any atom is 0.314 e. The lowest BCUT2D eigenvalue weighted by molar-refractivity contribution is -0.133. The molecule has 3 rings (SSSR count). The fraction of sp³-hybridized carbons (Fsp3) is 0.222. The SMILES string of the molecule is COc1ccc(OC)c(NC(=O)C(=O)Nc2ccc3c(c2)OCCO3)c1. The fourth-order valence-corrected chi connectivity index (χ4v) is 2.40. The van der Waals surface area contributed by atoms with Gasteiger partial charge < -0.3 is 29.6 Å². The molecule has 0 aromatic heterocycles. The topological polar surface area (TPSA) is 95.1 Å². The van der Waals surface area contributed by atoms with Crippen molar-refractivity contribution in [2.45, 2.75) is 0 Å². The van der Waals surface area contributed by atoms with E-state index >= 15 is 0 Å². The Balaban J connectivity index is 1.69. The third kappa shape index (κ3) is 3.80. The zero-order valence-corrected chi connectivity index (χ0v) is 14.3. The maximum atomic E-state index is 12.2. The summed E-state index contributed by atoms with van der Waals surface area (Å²) in [7, 11) is 2.97. The lowest BCUT2D eigenvalue weighted by atomic mass is 10.2. The van der Waals surface area contributed by atoms with Crippen molar-refractivity contribution in [3.8, 4) is 23.0 Å². The van der Waals surface area contributed by atoms with E-state index in [1.165, 1.54) is 14.2 Å². The van der Waals surface area contributed by atoms with Gasteiger partial charge in [-0.1, -0.05) is 0 Å². The lowest BCUT2D eigenvalue weighted by Crippen LogP contribution is -2.29. The predicted molar refractivity (Wildman–Crippen MR) is 94.2 cm³/mol. The number of hydrogen-bond acceptors (Lipinski definition) is 6. The average Bonchev–Trinajstić information content (AvgIpc) is 2.67. The second-order valence-corrected chi connectivity index (χ2v) is 5.33. The minimum absolute atomic E-state index is 0.328. The number of anilines is 2. The summed E-state index contributed by atoms with van der Waals surface area (Å²) in [4.78, 5) is 24.4. The predicted octanol–water partition coefficient (Wildman–Crippen LogP) is 2.05. The largest absolute Gasteiger partial charge is 0.497 e. The van der Waals surface area contributed by atoms with E-state index in [2.05, 4.69) is 10.6 Å². The molecule has 2 amide bonds. The van der Waals surface area contributed by atoms with Crippen molar-refractivity contribution in [3.63, 3.8) is 0 Å². The second kappa shape index (κ2) is 7.64.